The van der Waals surface area contributed by atoms with Crippen LogP contribution in [0.3, 0.4) is 0 Å². The van der Waals surface area contributed by atoms with Gasteiger partial charge in [-0.15, -0.1) is 0 Å². The van der Waals surface area contributed by atoms with Crippen LogP contribution in [0.2, 0.25) is 0 Å². The molecule has 1 amide bonds. The number of aromatic nitrogens is 1. The molecule has 1 fully saturated rings. The van der Waals surface area contributed by atoms with Crippen molar-refractivity contribution >= 4 is 15.9 Å². The number of carbonyl (C=O) groups is 1. The molecule has 1 aliphatic heterocycles. The van der Waals surface area contributed by atoms with E-state index in [-0.39, 0.29) is 41.5 Å². The molecule has 36 heavy (non-hydrogen) atoms. The summed E-state index contributed by atoms with van der Waals surface area (Å²) in [4.78, 5) is 18.5. The largest absolute Gasteiger partial charge is 0.487 e. The number of hydrogen-bond donors (Lipinski definition) is 1. The lowest BCUT2D eigenvalue weighted by Crippen LogP contribution is -2.50. The van der Waals surface area contributed by atoms with E-state index in [2.05, 4.69) is 16.8 Å². The number of hydrogen-bond acceptors (Lipinski definition) is 6. The Morgan fingerprint density at radius 1 is 1.22 bits per heavy atom. The molecule has 1 aromatic carbocycles. The predicted octanol–water partition coefficient (Wildman–Crippen LogP) is 2.51. The molecule has 2 aromatic rings. The normalized spacial score (nSPS) is 22.4. The van der Waals surface area contributed by atoms with Gasteiger partial charge in [0.05, 0.1) is 13.2 Å². The lowest BCUT2D eigenvalue weighted by molar-refractivity contribution is -0.138. The van der Waals surface area contributed by atoms with Crippen LogP contribution in [-0.4, -0.2) is 72.5 Å². The summed E-state index contributed by atoms with van der Waals surface area (Å²) in [5.74, 6) is 6.25. The molecule has 9 heteroatoms. The van der Waals surface area contributed by atoms with Gasteiger partial charge >= 0.3 is 0 Å². The average molecular weight is 512 g/mol. The first-order chi connectivity index (χ1) is 17.2. The van der Waals surface area contributed by atoms with Gasteiger partial charge in [-0.1, -0.05) is 25.2 Å². The van der Waals surface area contributed by atoms with E-state index < -0.39 is 22.2 Å². The summed E-state index contributed by atoms with van der Waals surface area (Å²) >= 11 is 0. The number of carbonyl (C=O) groups excluding carboxylic acids is 1. The van der Waals surface area contributed by atoms with Crippen LogP contribution >= 0.6 is 0 Å². The van der Waals surface area contributed by atoms with Crippen molar-refractivity contribution in [1.82, 2.24) is 14.2 Å². The minimum absolute atomic E-state index is 0.0298. The van der Waals surface area contributed by atoms with E-state index in [1.54, 1.807) is 55.5 Å². The average Bonchev–Trinajstić information content (AvgIpc) is 2.83. The number of benzene rings is 1. The smallest absolute Gasteiger partial charge is 0.247 e. The van der Waals surface area contributed by atoms with E-state index in [0.29, 0.717) is 12.1 Å². The summed E-state index contributed by atoms with van der Waals surface area (Å²) in [6.45, 7) is 3.80. The number of rotatable bonds is 5. The lowest BCUT2D eigenvalue weighted by atomic mass is 9.84. The highest BCUT2D eigenvalue weighted by molar-refractivity contribution is 7.89. The first-order valence-electron chi connectivity index (χ1n) is 12.3. The van der Waals surface area contributed by atoms with Crippen LogP contribution in [0.15, 0.2) is 47.6 Å². The molecule has 192 valence electrons. The zero-order chi connectivity index (χ0) is 25.9. The fraction of sp³-hybridized carbons (Fsp3) is 0.481. The van der Waals surface area contributed by atoms with Crippen LogP contribution in [0.4, 0.5) is 0 Å². The number of aliphatic hydroxyl groups excluding tert-OH is 1. The number of aliphatic hydroxyl groups is 1. The van der Waals surface area contributed by atoms with Gasteiger partial charge in [0.2, 0.25) is 15.9 Å². The Bertz CT molecular complexity index is 1250. The van der Waals surface area contributed by atoms with E-state index in [0.717, 1.165) is 24.8 Å². The standard InChI is InChI=1S/C27H33N3O5S/c1-19-16-30(20(2)18-31)36(33,34)26-10-9-22(8-7-21-11-13-28-14-12-21)15-24(26)35-25(19)17-29(3)27(32)23-5-4-6-23/h9-15,19-20,23,25,31H,4-6,16-18H2,1-3H3/t19-,20+,25-/m1/s1. The predicted molar refractivity (Wildman–Crippen MR) is 136 cm³/mol. The van der Waals surface area contributed by atoms with Crippen molar-refractivity contribution in [2.24, 2.45) is 11.8 Å². The minimum Gasteiger partial charge on any atom is -0.487 e. The van der Waals surface area contributed by atoms with Crippen LogP contribution in [0.25, 0.3) is 0 Å². The number of sulfonamides is 1. The van der Waals surface area contributed by atoms with Crippen LogP contribution in [0.1, 0.15) is 44.2 Å². The molecule has 0 spiro atoms. The van der Waals surface area contributed by atoms with Gasteiger partial charge in [0, 0.05) is 55.0 Å². The fourth-order valence-corrected chi connectivity index (χ4v) is 6.25. The molecule has 1 N–H and O–H groups in total. The topological polar surface area (TPSA) is 100 Å². The van der Waals surface area contributed by atoms with Gasteiger partial charge in [-0.25, -0.2) is 8.42 Å². The van der Waals surface area contributed by atoms with Crippen molar-refractivity contribution in [3.8, 4) is 17.6 Å². The molecule has 4 rings (SSSR count). The Morgan fingerprint density at radius 3 is 2.56 bits per heavy atom. The fourth-order valence-electron chi connectivity index (χ4n) is 4.43. The first-order valence-corrected chi connectivity index (χ1v) is 13.7. The third kappa shape index (κ3) is 5.56. The summed E-state index contributed by atoms with van der Waals surface area (Å²) < 4.78 is 34.9. The molecule has 2 aliphatic rings. The Morgan fingerprint density at radius 2 is 1.92 bits per heavy atom. The van der Waals surface area contributed by atoms with Gasteiger partial charge in [0.15, 0.2) is 0 Å². The zero-order valence-electron chi connectivity index (χ0n) is 20.9. The third-order valence-electron chi connectivity index (χ3n) is 6.98. The molecule has 0 bridgehead atoms. The highest BCUT2D eigenvalue weighted by atomic mass is 32.2. The maximum Gasteiger partial charge on any atom is 0.247 e. The molecular weight excluding hydrogens is 478 g/mol. The summed E-state index contributed by atoms with van der Waals surface area (Å²) in [5.41, 5.74) is 1.39. The van der Waals surface area contributed by atoms with Crippen LogP contribution in [0.5, 0.6) is 5.75 Å². The molecular formula is C27H33N3O5S. The van der Waals surface area contributed by atoms with Gasteiger partial charge in [0.1, 0.15) is 16.7 Å². The number of pyridine rings is 1. The summed E-state index contributed by atoms with van der Waals surface area (Å²) in [6.07, 6.45) is 5.77. The summed E-state index contributed by atoms with van der Waals surface area (Å²) in [7, 11) is -2.16. The van der Waals surface area contributed by atoms with Gasteiger partial charge in [-0.2, -0.15) is 4.31 Å². The monoisotopic (exact) mass is 511 g/mol. The van der Waals surface area contributed by atoms with Gasteiger partial charge in [-0.05, 0) is 50.1 Å². The molecule has 1 saturated carbocycles. The van der Waals surface area contributed by atoms with E-state index in [9.17, 15) is 18.3 Å². The number of ether oxygens (including phenoxy) is 1. The van der Waals surface area contributed by atoms with Crippen LogP contribution in [0, 0.1) is 23.7 Å². The molecule has 1 aliphatic carbocycles. The van der Waals surface area contributed by atoms with E-state index in [4.69, 9.17) is 4.74 Å². The number of fused-ring (bicyclic) bond motifs is 1. The number of nitrogens with zero attached hydrogens (tertiary/aromatic N) is 3. The highest BCUT2D eigenvalue weighted by Gasteiger charge is 2.39. The van der Waals surface area contributed by atoms with Crippen molar-refractivity contribution in [1.29, 1.82) is 0 Å². The summed E-state index contributed by atoms with van der Waals surface area (Å²) in [6, 6.07) is 7.79. The van der Waals surface area contributed by atoms with Crippen LogP contribution in [-0.2, 0) is 14.8 Å². The Hall–Kier alpha value is -2.93. The second kappa shape index (κ2) is 11.0. The Kier molecular flexibility index (Phi) is 7.98. The molecule has 0 unspecified atom stereocenters. The van der Waals surface area contributed by atoms with Crippen molar-refractivity contribution in [3.63, 3.8) is 0 Å². The van der Waals surface area contributed by atoms with Crippen molar-refractivity contribution in [2.45, 2.75) is 50.2 Å². The quantitative estimate of drug-likeness (QED) is 0.620. The van der Waals surface area contributed by atoms with E-state index in [1.807, 2.05) is 6.92 Å². The van der Waals surface area contributed by atoms with Gasteiger partial charge in [0.25, 0.3) is 0 Å². The molecule has 0 radical (unpaired) electrons. The minimum atomic E-state index is -3.94. The maximum atomic E-state index is 13.6. The second-order valence-corrected chi connectivity index (χ2v) is 11.6. The van der Waals surface area contributed by atoms with E-state index in [1.165, 1.54) is 10.4 Å². The lowest BCUT2D eigenvalue weighted by Gasteiger charge is -2.38. The Balaban J connectivity index is 1.71. The van der Waals surface area contributed by atoms with Gasteiger partial charge < -0.3 is 14.7 Å². The third-order valence-corrected chi connectivity index (χ3v) is 9.00. The molecule has 2 heterocycles. The highest BCUT2D eigenvalue weighted by Crippen LogP contribution is 2.35. The maximum absolute atomic E-state index is 13.6. The molecule has 0 saturated heterocycles. The Labute approximate surface area is 213 Å². The SMILES string of the molecule is C[C@@H]1CN([C@@H](C)CO)S(=O)(=O)c2ccc(C#Cc3ccncc3)cc2O[C@@H]1CN(C)C(=O)C1CCC1. The first kappa shape index (κ1) is 26.1. The van der Waals surface area contributed by atoms with Crippen molar-refractivity contribution in [3.05, 3.63) is 53.9 Å². The van der Waals surface area contributed by atoms with Crippen LogP contribution < -0.4 is 4.74 Å². The number of likely N-dealkylation sites (N-methyl/N-ethyl adjacent to an activating group) is 1. The van der Waals surface area contributed by atoms with Crippen molar-refractivity contribution in [2.75, 3.05) is 26.7 Å². The molecule has 1 aromatic heterocycles. The second-order valence-electron chi connectivity index (χ2n) is 9.73. The number of amides is 1. The molecule has 3 atom stereocenters. The molecule has 8 nitrogen and oxygen atoms in total. The zero-order valence-corrected chi connectivity index (χ0v) is 21.7. The van der Waals surface area contributed by atoms with Gasteiger partial charge in [-0.3, -0.25) is 9.78 Å². The summed E-state index contributed by atoms with van der Waals surface area (Å²) in [5, 5.41) is 9.80. The van der Waals surface area contributed by atoms with E-state index >= 15 is 0 Å². The van der Waals surface area contributed by atoms with Crippen molar-refractivity contribution < 1.29 is 23.1 Å².